The van der Waals surface area contributed by atoms with E-state index in [1.807, 2.05) is 19.1 Å². The second-order valence-corrected chi connectivity index (χ2v) is 4.84. The molecule has 1 aromatic heterocycles. The molecule has 88 valence electrons. The minimum absolute atomic E-state index is 0.431. The Labute approximate surface area is 107 Å². The first-order valence-electron chi connectivity index (χ1n) is 5.66. The summed E-state index contributed by atoms with van der Waals surface area (Å²) in [5.41, 5.74) is 3.94. The first-order chi connectivity index (χ1) is 8.08. The molecule has 0 aliphatic heterocycles. The van der Waals surface area contributed by atoms with Gasteiger partial charge in [0, 0.05) is 16.8 Å². The molecule has 0 unspecified atom stereocenters. The van der Waals surface area contributed by atoms with Crippen molar-refractivity contribution in [2.24, 2.45) is 0 Å². The molecule has 0 bridgehead atoms. The number of halogens is 1. The van der Waals surface area contributed by atoms with Gasteiger partial charge in [-0.2, -0.15) is 0 Å². The van der Waals surface area contributed by atoms with Crippen molar-refractivity contribution >= 4 is 11.6 Å². The molecule has 0 aliphatic rings. The lowest BCUT2D eigenvalue weighted by atomic mass is 10.0. The van der Waals surface area contributed by atoms with Crippen LogP contribution in [0.4, 0.5) is 0 Å². The van der Waals surface area contributed by atoms with E-state index in [0.29, 0.717) is 5.92 Å². The molecule has 0 radical (unpaired) electrons. The van der Waals surface area contributed by atoms with Crippen molar-refractivity contribution in [1.82, 2.24) is 9.97 Å². The van der Waals surface area contributed by atoms with Crippen LogP contribution in [0.3, 0.4) is 0 Å². The third kappa shape index (κ3) is 2.64. The fourth-order valence-corrected chi connectivity index (χ4v) is 2.16. The predicted octanol–water partition coefficient (Wildman–Crippen LogP) is 4.23. The quantitative estimate of drug-likeness (QED) is 0.793. The van der Waals surface area contributed by atoms with Crippen molar-refractivity contribution in [2.75, 3.05) is 0 Å². The predicted molar refractivity (Wildman–Crippen MR) is 71.3 cm³/mol. The third-order valence-electron chi connectivity index (χ3n) is 2.67. The van der Waals surface area contributed by atoms with Gasteiger partial charge < -0.3 is 0 Å². The van der Waals surface area contributed by atoms with E-state index >= 15 is 0 Å². The van der Waals surface area contributed by atoms with Crippen LogP contribution in [0.5, 0.6) is 0 Å². The summed E-state index contributed by atoms with van der Waals surface area (Å²) in [6.07, 6.45) is 3.50. The normalized spacial score (nSPS) is 10.9. The Morgan fingerprint density at radius 3 is 2.53 bits per heavy atom. The fraction of sp³-hybridized carbons (Fsp3) is 0.286. The van der Waals surface area contributed by atoms with Crippen LogP contribution in [0, 0.1) is 6.92 Å². The molecule has 3 heteroatoms. The van der Waals surface area contributed by atoms with Gasteiger partial charge in [-0.15, -0.1) is 0 Å². The van der Waals surface area contributed by atoms with Gasteiger partial charge in [0.2, 0.25) is 0 Å². The minimum atomic E-state index is 0.431. The van der Waals surface area contributed by atoms with Gasteiger partial charge in [0.15, 0.2) is 0 Å². The van der Waals surface area contributed by atoms with Crippen LogP contribution in [0.2, 0.25) is 5.02 Å². The molecule has 0 saturated carbocycles. The summed E-state index contributed by atoms with van der Waals surface area (Å²) in [6, 6.07) is 6.07. The summed E-state index contributed by atoms with van der Waals surface area (Å²) in [4.78, 5) is 8.58. The molecular formula is C14H15ClN2. The van der Waals surface area contributed by atoms with Gasteiger partial charge in [0.25, 0.3) is 0 Å². The monoisotopic (exact) mass is 246 g/mol. The molecule has 0 N–H and O–H groups in total. The summed E-state index contributed by atoms with van der Waals surface area (Å²) in [5, 5.41) is 0.792. The average molecular weight is 247 g/mol. The molecule has 2 aromatic rings. The lowest BCUT2D eigenvalue weighted by Gasteiger charge is -2.09. The van der Waals surface area contributed by atoms with Crippen molar-refractivity contribution in [1.29, 1.82) is 0 Å². The number of aryl methyl sites for hydroxylation is 1. The smallest absolute Gasteiger partial charge is 0.0888 e. The number of hydrogen-bond acceptors (Lipinski definition) is 2. The van der Waals surface area contributed by atoms with Crippen molar-refractivity contribution < 1.29 is 0 Å². The molecule has 17 heavy (non-hydrogen) atoms. The van der Waals surface area contributed by atoms with Crippen LogP contribution in [0.1, 0.15) is 31.0 Å². The summed E-state index contributed by atoms with van der Waals surface area (Å²) >= 11 is 6.27. The van der Waals surface area contributed by atoms with Crippen LogP contribution in [-0.4, -0.2) is 9.97 Å². The molecule has 0 aliphatic carbocycles. The third-order valence-corrected chi connectivity index (χ3v) is 3.00. The van der Waals surface area contributed by atoms with Gasteiger partial charge >= 0.3 is 0 Å². The number of hydrogen-bond donors (Lipinski definition) is 0. The standard InChI is InChI=1S/C14H15ClN2/c1-9(2)12-5-4-11(6-13(12)15)14-8-16-7-10(3)17-14/h4-9H,1-3H3. The van der Waals surface area contributed by atoms with Gasteiger partial charge in [-0.25, -0.2) is 4.98 Å². The van der Waals surface area contributed by atoms with E-state index in [0.717, 1.165) is 27.5 Å². The Bertz CT molecular complexity index is 535. The average Bonchev–Trinajstić information content (AvgIpc) is 2.28. The summed E-state index contributed by atoms with van der Waals surface area (Å²) < 4.78 is 0. The molecule has 1 heterocycles. The molecule has 0 fully saturated rings. The highest BCUT2D eigenvalue weighted by Gasteiger charge is 2.07. The molecule has 0 amide bonds. The highest BCUT2D eigenvalue weighted by molar-refractivity contribution is 6.31. The zero-order valence-corrected chi connectivity index (χ0v) is 11.0. The van der Waals surface area contributed by atoms with E-state index in [4.69, 9.17) is 11.6 Å². The van der Waals surface area contributed by atoms with Gasteiger partial charge in [0.05, 0.1) is 17.6 Å². The number of benzene rings is 1. The van der Waals surface area contributed by atoms with Crippen LogP contribution < -0.4 is 0 Å². The molecular weight excluding hydrogens is 232 g/mol. The summed E-state index contributed by atoms with van der Waals surface area (Å²) in [5.74, 6) is 0.431. The second kappa shape index (κ2) is 4.84. The molecule has 0 atom stereocenters. The maximum Gasteiger partial charge on any atom is 0.0888 e. The minimum Gasteiger partial charge on any atom is -0.261 e. The zero-order valence-electron chi connectivity index (χ0n) is 10.2. The van der Waals surface area contributed by atoms with E-state index in [9.17, 15) is 0 Å². The van der Waals surface area contributed by atoms with Crippen molar-refractivity contribution in [2.45, 2.75) is 26.7 Å². The molecule has 0 saturated heterocycles. The highest BCUT2D eigenvalue weighted by Crippen LogP contribution is 2.28. The largest absolute Gasteiger partial charge is 0.261 e. The second-order valence-electron chi connectivity index (χ2n) is 4.44. The molecule has 2 nitrogen and oxygen atoms in total. The number of aromatic nitrogens is 2. The van der Waals surface area contributed by atoms with Gasteiger partial charge in [0.1, 0.15) is 0 Å². The highest BCUT2D eigenvalue weighted by atomic mass is 35.5. The molecule has 2 rings (SSSR count). The Balaban J connectivity index is 2.44. The van der Waals surface area contributed by atoms with E-state index in [-0.39, 0.29) is 0 Å². The van der Waals surface area contributed by atoms with Gasteiger partial charge in [-0.05, 0) is 24.5 Å². The van der Waals surface area contributed by atoms with E-state index in [1.54, 1.807) is 12.4 Å². The summed E-state index contributed by atoms with van der Waals surface area (Å²) in [6.45, 7) is 6.20. The lowest BCUT2D eigenvalue weighted by Crippen LogP contribution is -1.92. The Morgan fingerprint density at radius 1 is 1.18 bits per heavy atom. The first-order valence-corrected chi connectivity index (χ1v) is 6.04. The Morgan fingerprint density at radius 2 is 1.94 bits per heavy atom. The van der Waals surface area contributed by atoms with Crippen molar-refractivity contribution in [3.05, 3.63) is 46.9 Å². The van der Waals surface area contributed by atoms with E-state index in [1.165, 1.54) is 0 Å². The van der Waals surface area contributed by atoms with Gasteiger partial charge in [-0.3, -0.25) is 4.98 Å². The van der Waals surface area contributed by atoms with Crippen molar-refractivity contribution in [3.63, 3.8) is 0 Å². The first kappa shape index (κ1) is 12.1. The topological polar surface area (TPSA) is 25.8 Å². The number of nitrogens with zero attached hydrogens (tertiary/aromatic N) is 2. The Hall–Kier alpha value is -1.41. The van der Waals surface area contributed by atoms with Crippen LogP contribution in [0.25, 0.3) is 11.3 Å². The van der Waals surface area contributed by atoms with Crippen LogP contribution in [-0.2, 0) is 0 Å². The SMILES string of the molecule is Cc1cncc(-c2ccc(C(C)C)c(Cl)c2)n1. The number of rotatable bonds is 2. The maximum absolute atomic E-state index is 6.27. The van der Waals surface area contributed by atoms with E-state index in [2.05, 4.69) is 29.9 Å². The van der Waals surface area contributed by atoms with Crippen LogP contribution >= 0.6 is 11.6 Å². The van der Waals surface area contributed by atoms with Gasteiger partial charge in [-0.1, -0.05) is 37.6 Å². The lowest BCUT2D eigenvalue weighted by molar-refractivity contribution is 0.867. The fourth-order valence-electron chi connectivity index (χ4n) is 1.76. The van der Waals surface area contributed by atoms with Crippen LogP contribution in [0.15, 0.2) is 30.6 Å². The van der Waals surface area contributed by atoms with E-state index < -0.39 is 0 Å². The Kier molecular flexibility index (Phi) is 3.43. The summed E-state index contributed by atoms with van der Waals surface area (Å²) in [7, 11) is 0. The molecule has 1 aromatic carbocycles. The van der Waals surface area contributed by atoms with Crippen molar-refractivity contribution in [3.8, 4) is 11.3 Å². The maximum atomic E-state index is 6.27. The zero-order chi connectivity index (χ0) is 12.4. The molecule has 0 spiro atoms.